The van der Waals surface area contributed by atoms with Crippen LogP contribution in [-0.2, 0) is 27.9 Å². The monoisotopic (exact) mass is 563 g/mol. The van der Waals surface area contributed by atoms with Crippen molar-refractivity contribution >= 4 is 39.3 Å². The van der Waals surface area contributed by atoms with Gasteiger partial charge in [-0.3, -0.25) is 4.79 Å². The predicted molar refractivity (Wildman–Crippen MR) is 146 cm³/mol. The molecule has 0 bridgehead atoms. The number of anilines is 1. The topological polar surface area (TPSA) is 103 Å². The summed E-state index contributed by atoms with van der Waals surface area (Å²) in [5, 5.41) is 12.4. The number of hydrogen-bond acceptors (Lipinski definition) is 5. The molecule has 0 spiro atoms. The quantitative estimate of drug-likeness (QED) is 0.190. The van der Waals surface area contributed by atoms with Crippen LogP contribution in [0, 0.1) is 24.1 Å². The minimum Gasteiger partial charge on any atom is -0.460 e. The van der Waals surface area contributed by atoms with Crippen molar-refractivity contribution in [2.75, 3.05) is 5.32 Å². The highest BCUT2D eigenvalue weighted by atomic mass is 35.5. The third kappa shape index (κ3) is 7.21. The molecule has 1 aromatic heterocycles. The van der Waals surface area contributed by atoms with Gasteiger partial charge in [0.25, 0.3) is 5.91 Å². The largest absolute Gasteiger partial charge is 0.460 e. The smallest absolute Gasteiger partial charge is 0.266 e. The molecule has 0 atom stereocenters. The van der Waals surface area contributed by atoms with E-state index in [4.69, 9.17) is 16.0 Å². The molecule has 0 unspecified atom stereocenters. The molecule has 0 saturated heterocycles. The Kier molecular flexibility index (Phi) is 8.62. The number of furan rings is 1. The third-order valence-electron chi connectivity index (χ3n) is 5.70. The number of benzene rings is 3. The van der Waals surface area contributed by atoms with Crippen LogP contribution in [0.2, 0.25) is 5.02 Å². The summed E-state index contributed by atoms with van der Waals surface area (Å²) < 4.78 is 47.3. The Morgan fingerprint density at radius 2 is 1.67 bits per heavy atom. The number of carbonyl (C=O) groups is 1. The number of nitriles is 1. The van der Waals surface area contributed by atoms with Gasteiger partial charge in [0.15, 0.2) is 0 Å². The Hall–Kier alpha value is -4.23. The van der Waals surface area contributed by atoms with E-state index in [1.54, 1.807) is 6.07 Å². The molecular weight excluding hydrogens is 541 g/mol. The van der Waals surface area contributed by atoms with Gasteiger partial charge in [-0.15, -0.1) is 0 Å². The Morgan fingerprint density at radius 1 is 1.00 bits per heavy atom. The number of amides is 1. The van der Waals surface area contributed by atoms with Gasteiger partial charge in [0, 0.05) is 23.3 Å². The fourth-order valence-electron chi connectivity index (χ4n) is 3.63. The van der Waals surface area contributed by atoms with Gasteiger partial charge in [-0.05, 0) is 73.2 Å². The second kappa shape index (κ2) is 12.1. The summed E-state index contributed by atoms with van der Waals surface area (Å²) in [6.45, 7) is 1.93. The zero-order valence-electron chi connectivity index (χ0n) is 20.8. The molecule has 7 nitrogen and oxygen atoms in total. The maximum Gasteiger partial charge on any atom is 0.266 e. The van der Waals surface area contributed by atoms with Crippen molar-refractivity contribution in [1.82, 2.24) is 4.31 Å². The minimum atomic E-state index is -3.94. The zero-order valence-corrected chi connectivity index (χ0v) is 22.3. The Morgan fingerprint density at radius 3 is 2.31 bits per heavy atom. The maximum atomic E-state index is 13.5. The van der Waals surface area contributed by atoms with Crippen LogP contribution in [0.25, 0.3) is 6.08 Å². The lowest BCUT2D eigenvalue weighted by Crippen LogP contribution is -2.30. The lowest BCUT2D eigenvalue weighted by Gasteiger charge is -2.21. The van der Waals surface area contributed by atoms with Gasteiger partial charge in [-0.2, -0.15) is 9.57 Å². The van der Waals surface area contributed by atoms with E-state index in [9.17, 15) is 22.9 Å². The van der Waals surface area contributed by atoms with Gasteiger partial charge in [0.1, 0.15) is 29.0 Å². The predicted octanol–water partition coefficient (Wildman–Crippen LogP) is 6.32. The highest BCUT2D eigenvalue weighted by Crippen LogP contribution is 2.24. The second-order valence-corrected chi connectivity index (χ2v) is 11.0. The van der Waals surface area contributed by atoms with Crippen LogP contribution in [-0.4, -0.2) is 18.6 Å². The number of carbonyl (C=O) groups excluding carboxylic acids is 1. The van der Waals surface area contributed by atoms with Gasteiger partial charge in [-0.1, -0.05) is 41.4 Å². The van der Waals surface area contributed by atoms with Crippen molar-refractivity contribution < 1.29 is 22.0 Å². The molecule has 1 amide bonds. The molecule has 0 fully saturated rings. The first-order valence-corrected chi connectivity index (χ1v) is 13.5. The van der Waals surface area contributed by atoms with Crippen LogP contribution in [0.5, 0.6) is 0 Å². The molecule has 0 radical (unpaired) electrons. The Balaban J connectivity index is 1.57. The normalized spacial score (nSPS) is 11.8. The summed E-state index contributed by atoms with van der Waals surface area (Å²) in [7, 11) is -3.94. The van der Waals surface area contributed by atoms with Crippen molar-refractivity contribution in [3.8, 4) is 6.07 Å². The lowest BCUT2D eigenvalue weighted by molar-refractivity contribution is -0.112. The number of rotatable bonds is 9. The summed E-state index contributed by atoms with van der Waals surface area (Å²) in [5.74, 6) is -0.660. The fourth-order valence-corrected chi connectivity index (χ4v) is 5.15. The molecule has 0 saturated carbocycles. The molecule has 198 valence electrons. The number of aryl methyl sites for hydroxylation is 1. The third-order valence-corrected chi connectivity index (χ3v) is 7.76. The number of halogens is 2. The standard InChI is InChI=1S/C29H23ClFN3O4S/c1-20-2-4-21(5-3-20)18-34(39(36,37)28-14-6-23(30)7-15-28)19-27-13-12-26(38-27)16-22(17-32)29(35)33-25-10-8-24(31)9-11-25/h2-16H,18-19H2,1H3,(H,33,35)/b22-16-. The molecule has 1 N–H and O–H groups in total. The molecule has 4 rings (SSSR count). The molecular formula is C29H23ClFN3O4S. The summed E-state index contributed by atoms with van der Waals surface area (Å²) in [6.07, 6.45) is 1.25. The van der Waals surface area contributed by atoms with Gasteiger partial charge in [0.05, 0.1) is 11.4 Å². The SMILES string of the molecule is Cc1ccc(CN(Cc2ccc(/C=C(/C#N)C(=O)Nc3ccc(F)cc3)o2)S(=O)(=O)c2ccc(Cl)cc2)cc1. The summed E-state index contributed by atoms with van der Waals surface area (Å²) in [6, 6.07) is 23.5. The number of nitrogens with one attached hydrogen (secondary N) is 1. The van der Waals surface area contributed by atoms with E-state index in [2.05, 4.69) is 5.32 Å². The summed E-state index contributed by atoms with van der Waals surface area (Å²) >= 11 is 5.95. The molecule has 4 aromatic rings. The van der Waals surface area contributed by atoms with Crippen molar-refractivity contribution in [3.63, 3.8) is 0 Å². The van der Waals surface area contributed by atoms with E-state index in [1.807, 2.05) is 37.3 Å². The molecule has 3 aromatic carbocycles. The van der Waals surface area contributed by atoms with Crippen molar-refractivity contribution in [3.05, 3.63) is 124 Å². The summed E-state index contributed by atoms with van der Waals surface area (Å²) in [4.78, 5) is 12.6. The zero-order chi connectivity index (χ0) is 28.0. The van der Waals surface area contributed by atoms with E-state index in [-0.39, 0.29) is 29.3 Å². The number of hydrogen-bond donors (Lipinski definition) is 1. The van der Waals surface area contributed by atoms with E-state index in [0.717, 1.165) is 11.1 Å². The maximum absolute atomic E-state index is 13.5. The average Bonchev–Trinajstić information content (AvgIpc) is 3.36. The van der Waals surface area contributed by atoms with Crippen molar-refractivity contribution in [1.29, 1.82) is 5.26 Å². The van der Waals surface area contributed by atoms with E-state index in [1.165, 1.54) is 65.0 Å². The van der Waals surface area contributed by atoms with Crippen LogP contribution >= 0.6 is 11.6 Å². The van der Waals surface area contributed by atoms with E-state index in [0.29, 0.717) is 16.5 Å². The molecule has 0 aliphatic carbocycles. The number of sulfonamides is 1. The average molecular weight is 564 g/mol. The fraction of sp³-hybridized carbons (Fsp3) is 0.103. The van der Waals surface area contributed by atoms with Gasteiger partial charge in [0.2, 0.25) is 10.0 Å². The number of nitrogens with zero attached hydrogens (tertiary/aromatic N) is 2. The van der Waals surface area contributed by atoms with Crippen molar-refractivity contribution in [2.45, 2.75) is 24.9 Å². The van der Waals surface area contributed by atoms with Crippen LogP contribution < -0.4 is 5.32 Å². The van der Waals surface area contributed by atoms with Gasteiger partial charge in [-0.25, -0.2) is 12.8 Å². The molecule has 0 aliphatic rings. The highest BCUT2D eigenvalue weighted by molar-refractivity contribution is 7.89. The van der Waals surface area contributed by atoms with Gasteiger partial charge >= 0.3 is 0 Å². The first-order valence-electron chi connectivity index (χ1n) is 11.7. The van der Waals surface area contributed by atoms with E-state index >= 15 is 0 Å². The van der Waals surface area contributed by atoms with Crippen LogP contribution in [0.4, 0.5) is 10.1 Å². The van der Waals surface area contributed by atoms with E-state index < -0.39 is 21.7 Å². The first kappa shape index (κ1) is 27.8. The van der Waals surface area contributed by atoms with Gasteiger partial charge < -0.3 is 9.73 Å². The van der Waals surface area contributed by atoms with Crippen LogP contribution in [0.3, 0.4) is 0 Å². The first-order chi connectivity index (χ1) is 18.6. The lowest BCUT2D eigenvalue weighted by atomic mass is 10.1. The van der Waals surface area contributed by atoms with Crippen LogP contribution in [0.15, 0.2) is 99.8 Å². The molecule has 10 heteroatoms. The molecule has 39 heavy (non-hydrogen) atoms. The highest BCUT2D eigenvalue weighted by Gasteiger charge is 2.26. The Labute approximate surface area is 230 Å². The van der Waals surface area contributed by atoms with Crippen molar-refractivity contribution in [2.24, 2.45) is 0 Å². The second-order valence-electron chi connectivity index (χ2n) is 8.65. The Bertz CT molecular complexity index is 1640. The summed E-state index contributed by atoms with van der Waals surface area (Å²) in [5.41, 5.74) is 1.91. The van der Waals surface area contributed by atoms with Crippen LogP contribution in [0.1, 0.15) is 22.6 Å². The molecule has 0 aliphatic heterocycles. The molecule has 1 heterocycles. The minimum absolute atomic E-state index is 0.0786.